The van der Waals surface area contributed by atoms with E-state index in [2.05, 4.69) is 41.2 Å². The van der Waals surface area contributed by atoms with Gasteiger partial charge in [0.1, 0.15) is 0 Å². The molecule has 17 heavy (non-hydrogen) atoms. The van der Waals surface area contributed by atoms with Gasteiger partial charge in [-0.1, -0.05) is 41.6 Å². The van der Waals surface area contributed by atoms with Crippen molar-refractivity contribution in [3.8, 4) is 0 Å². The Morgan fingerprint density at radius 2 is 1.94 bits per heavy atom. The number of hydrogen-bond donors (Lipinski definition) is 1. The van der Waals surface area contributed by atoms with Gasteiger partial charge in [0.05, 0.1) is 0 Å². The molecule has 1 N–H and O–H groups in total. The summed E-state index contributed by atoms with van der Waals surface area (Å²) in [5.41, 5.74) is 3.13. The first-order valence-corrected chi connectivity index (χ1v) is 6.38. The SMILES string of the molecule is Cc1ccc(CSc2nc(C)cc(=O)[nH]2)cc1. The molecular weight excluding hydrogens is 232 g/mol. The highest BCUT2D eigenvalue weighted by Gasteiger charge is 2.00. The topological polar surface area (TPSA) is 45.8 Å². The van der Waals surface area contributed by atoms with Crippen LogP contribution in [0.25, 0.3) is 0 Å². The Hall–Kier alpha value is -1.55. The molecule has 1 aromatic carbocycles. The van der Waals surface area contributed by atoms with Crippen LogP contribution in [0.2, 0.25) is 0 Å². The summed E-state index contributed by atoms with van der Waals surface area (Å²) >= 11 is 1.54. The van der Waals surface area contributed by atoms with Crippen LogP contribution in [0, 0.1) is 13.8 Å². The summed E-state index contributed by atoms with van der Waals surface area (Å²) in [6.07, 6.45) is 0. The molecule has 0 radical (unpaired) electrons. The van der Waals surface area contributed by atoms with Crippen LogP contribution in [0.4, 0.5) is 0 Å². The molecule has 1 aromatic heterocycles. The average Bonchev–Trinajstić information content (AvgIpc) is 2.27. The van der Waals surface area contributed by atoms with Gasteiger partial charge in [-0.2, -0.15) is 0 Å². The summed E-state index contributed by atoms with van der Waals surface area (Å²) in [6, 6.07) is 9.85. The highest BCUT2D eigenvalue weighted by molar-refractivity contribution is 7.98. The van der Waals surface area contributed by atoms with Gasteiger partial charge in [-0.3, -0.25) is 4.79 Å². The third-order valence-electron chi connectivity index (χ3n) is 2.34. The third kappa shape index (κ3) is 3.46. The lowest BCUT2D eigenvalue weighted by molar-refractivity contribution is 0.905. The van der Waals surface area contributed by atoms with Crippen LogP contribution in [0.1, 0.15) is 16.8 Å². The van der Waals surface area contributed by atoms with Gasteiger partial charge in [0, 0.05) is 17.5 Å². The van der Waals surface area contributed by atoms with E-state index in [-0.39, 0.29) is 5.56 Å². The maximum atomic E-state index is 11.3. The van der Waals surface area contributed by atoms with E-state index >= 15 is 0 Å². The minimum atomic E-state index is -0.0936. The smallest absolute Gasteiger partial charge is 0.251 e. The maximum absolute atomic E-state index is 11.3. The third-order valence-corrected chi connectivity index (χ3v) is 3.29. The van der Waals surface area contributed by atoms with Crippen LogP contribution in [-0.2, 0) is 5.75 Å². The number of H-pyrrole nitrogens is 1. The number of hydrogen-bond acceptors (Lipinski definition) is 3. The monoisotopic (exact) mass is 246 g/mol. The van der Waals surface area contributed by atoms with E-state index in [4.69, 9.17) is 0 Å². The van der Waals surface area contributed by atoms with Crippen molar-refractivity contribution in [1.82, 2.24) is 9.97 Å². The molecule has 0 aliphatic carbocycles. The number of thioether (sulfide) groups is 1. The Morgan fingerprint density at radius 1 is 1.24 bits per heavy atom. The zero-order valence-corrected chi connectivity index (χ0v) is 10.7. The summed E-state index contributed by atoms with van der Waals surface area (Å²) in [4.78, 5) is 18.3. The van der Waals surface area contributed by atoms with Crippen LogP contribution in [-0.4, -0.2) is 9.97 Å². The molecule has 0 bridgehead atoms. The summed E-state index contributed by atoms with van der Waals surface area (Å²) < 4.78 is 0. The summed E-state index contributed by atoms with van der Waals surface area (Å²) in [6.45, 7) is 3.89. The van der Waals surface area contributed by atoms with Gasteiger partial charge in [0.2, 0.25) is 0 Å². The predicted octanol–water partition coefficient (Wildman–Crippen LogP) is 2.68. The minimum absolute atomic E-state index is 0.0936. The van der Waals surface area contributed by atoms with Crippen LogP contribution in [0.15, 0.2) is 40.3 Å². The molecule has 3 nitrogen and oxygen atoms in total. The first-order valence-electron chi connectivity index (χ1n) is 5.40. The fraction of sp³-hybridized carbons (Fsp3) is 0.231. The fourth-order valence-electron chi connectivity index (χ4n) is 1.46. The van der Waals surface area contributed by atoms with Crippen molar-refractivity contribution in [2.75, 3.05) is 0 Å². The van der Waals surface area contributed by atoms with E-state index in [0.717, 1.165) is 11.4 Å². The molecule has 0 saturated heterocycles. The highest BCUT2D eigenvalue weighted by atomic mass is 32.2. The fourth-order valence-corrected chi connectivity index (χ4v) is 2.33. The number of aromatic nitrogens is 2. The number of nitrogens with zero attached hydrogens (tertiary/aromatic N) is 1. The summed E-state index contributed by atoms with van der Waals surface area (Å²) in [5.74, 6) is 0.812. The highest BCUT2D eigenvalue weighted by Crippen LogP contribution is 2.18. The van der Waals surface area contributed by atoms with Gasteiger partial charge < -0.3 is 4.98 Å². The Labute approximate surface area is 104 Å². The Balaban J connectivity index is 2.07. The summed E-state index contributed by atoms with van der Waals surface area (Å²) in [5, 5.41) is 0.676. The second-order valence-corrected chi connectivity index (χ2v) is 4.93. The van der Waals surface area contributed by atoms with Crippen LogP contribution >= 0.6 is 11.8 Å². The van der Waals surface area contributed by atoms with Gasteiger partial charge in [0.15, 0.2) is 5.16 Å². The second-order valence-electron chi connectivity index (χ2n) is 3.97. The molecular formula is C13H14N2OS. The van der Waals surface area contributed by atoms with Crippen LogP contribution in [0.3, 0.4) is 0 Å². The van der Waals surface area contributed by atoms with Crippen molar-refractivity contribution in [2.24, 2.45) is 0 Å². The quantitative estimate of drug-likeness (QED) is 0.669. The van der Waals surface area contributed by atoms with E-state index in [1.807, 2.05) is 6.92 Å². The molecule has 0 aliphatic rings. The zero-order valence-electron chi connectivity index (χ0n) is 9.86. The second kappa shape index (κ2) is 5.19. The predicted molar refractivity (Wildman–Crippen MR) is 70.3 cm³/mol. The molecule has 0 saturated carbocycles. The van der Waals surface area contributed by atoms with Crippen molar-refractivity contribution in [2.45, 2.75) is 24.8 Å². The number of benzene rings is 1. The zero-order chi connectivity index (χ0) is 12.3. The molecule has 0 fully saturated rings. The van der Waals surface area contributed by atoms with Crippen molar-refractivity contribution in [3.63, 3.8) is 0 Å². The molecule has 0 unspecified atom stereocenters. The number of rotatable bonds is 3. The maximum Gasteiger partial charge on any atom is 0.251 e. The van der Waals surface area contributed by atoms with Crippen molar-refractivity contribution >= 4 is 11.8 Å². The van der Waals surface area contributed by atoms with E-state index in [9.17, 15) is 4.79 Å². The molecule has 0 aliphatic heterocycles. The lowest BCUT2D eigenvalue weighted by Crippen LogP contribution is -2.08. The van der Waals surface area contributed by atoms with Crippen LogP contribution < -0.4 is 5.56 Å². The lowest BCUT2D eigenvalue weighted by atomic mass is 10.2. The number of aromatic amines is 1. The van der Waals surface area contributed by atoms with E-state index < -0.39 is 0 Å². The molecule has 1 heterocycles. The molecule has 0 amide bonds. The lowest BCUT2D eigenvalue weighted by Gasteiger charge is -2.02. The van der Waals surface area contributed by atoms with E-state index in [0.29, 0.717) is 5.16 Å². The Bertz CT molecular complexity index is 560. The largest absolute Gasteiger partial charge is 0.301 e. The molecule has 2 aromatic rings. The van der Waals surface area contributed by atoms with Crippen LogP contribution in [0.5, 0.6) is 0 Å². The molecule has 2 rings (SSSR count). The first-order chi connectivity index (χ1) is 8.13. The van der Waals surface area contributed by atoms with E-state index in [1.165, 1.54) is 17.2 Å². The van der Waals surface area contributed by atoms with Crippen molar-refractivity contribution in [1.29, 1.82) is 0 Å². The summed E-state index contributed by atoms with van der Waals surface area (Å²) in [7, 11) is 0. The minimum Gasteiger partial charge on any atom is -0.301 e. The Kier molecular flexibility index (Phi) is 3.64. The normalized spacial score (nSPS) is 10.5. The van der Waals surface area contributed by atoms with Gasteiger partial charge in [-0.15, -0.1) is 0 Å². The molecule has 4 heteroatoms. The molecule has 88 valence electrons. The first kappa shape index (κ1) is 11.9. The van der Waals surface area contributed by atoms with Gasteiger partial charge in [-0.05, 0) is 19.4 Å². The molecule has 0 spiro atoms. The molecule has 0 atom stereocenters. The number of nitrogens with one attached hydrogen (secondary N) is 1. The standard InChI is InChI=1S/C13H14N2OS/c1-9-3-5-11(6-4-9)8-17-13-14-10(2)7-12(16)15-13/h3-7H,8H2,1-2H3,(H,14,15,16). The van der Waals surface area contributed by atoms with Gasteiger partial charge >= 0.3 is 0 Å². The average molecular weight is 246 g/mol. The van der Waals surface area contributed by atoms with Gasteiger partial charge in [-0.25, -0.2) is 4.98 Å². The number of aryl methyl sites for hydroxylation is 2. The van der Waals surface area contributed by atoms with Crippen molar-refractivity contribution < 1.29 is 0 Å². The van der Waals surface area contributed by atoms with Gasteiger partial charge in [0.25, 0.3) is 5.56 Å². The van der Waals surface area contributed by atoms with E-state index in [1.54, 1.807) is 11.8 Å². The Morgan fingerprint density at radius 3 is 2.59 bits per heavy atom. The van der Waals surface area contributed by atoms with Crippen molar-refractivity contribution in [3.05, 3.63) is 57.5 Å².